The number of hydrogen-bond donors (Lipinski definition) is 1. The molecule has 0 bridgehead atoms. The van der Waals surface area contributed by atoms with Gasteiger partial charge in [-0.1, -0.05) is 40.6 Å². The molecule has 4 aromatic rings. The zero-order chi connectivity index (χ0) is 25.8. The highest BCUT2D eigenvalue weighted by atomic mass is 35.5. The summed E-state index contributed by atoms with van der Waals surface area (Å²) >= 11 is 13.4. The number of pyridine rings is 1. The van der Waals surface area contributed by atoms with E-state index in [0.29, 0.717) is 17.1 Å². The summed E-state index contributed by atoms with van der Waals surface area (Å²) in [5.41, 5.74) is 1.55. The number of hydrogen-bond acceptors (Lipinski definition) is 8. The number of carbonyl (C=O) groups excluding carboxylic acids is 1. The van der Waals surface area contributed by atoms with E-state index in [1.54, 1.807) is 10.6 Å². The Balaban J connectivity index is 1.49. The molecule has 0 radical (unpaired) electrons. The van der Waals surface area contributed by atoms with Crippen LogP contribution >= 0.6 is 34.5 Å². The molecule has 1 aliphatic heterocycles. The molecule has 5 rings (SSSR count). The van der Waals surface area contributed by atoms with Crippen molar-refractivity contribution in [2.45, 2.75) is 24.4 Å². The Labute approximate surface area is 218 Å². The van der Waals surface area contributed by atoms with Crippen molar-refractivity contribution in [1.29, 1.82) is 0 Å². The second-order valence-corrected chi connectivity index (χ2v) is 11.4. The Kier molecular flexibility index (Phi) is 6.37. The number of rotatable bonds is 5. The van der Waals surface area contributed by atoms with Crippen LogP contribution in [0.1, 0.15) is 28.0 Å². The van der Waals surface area contributed by atoms with E-state index < -0.39 is 39.4 Å². The summed E-state index contributed by atoms with van der Waals surface area (Å²) < 4.78 is 45.2. The van der Waals surface area contributed by atoms with E-state index in [1.165, 1.54) is 34.4 Å². The standard InChI is InChI=1S/C21H17Cl2FN6O4S2/c1-10-28-30-19-14(26-21(30)35-10)6-7-29(18(19)12-3-2-11(22)8-13(12)24)17(31)9-34-15-4-5-16(27-20(15)23)36(25,32)33/h2-5,8,18H,6-7,9H2,1H3,(H2,25,32,33). The number of primary sulfonamides is 1. The van der Waals surface area contributed by atoms with Crippen LogP contribution in [-0.2, 0) is 21.2 Å². The Hall–Kier alpha value is -2.84. The molecule has 10 nitrogen and oxygen atoms in total. The van der Waals surface area contributed by atoms with Gasteiger partial charge in [-0.15, -0.1) is 0 Å². The molecule has 0 saturated carbocycles. The number of amides is 1. The summed E-state index contributed by atoms with van der Waals surface area (Å²) in [4.78, 5) is 23.8. The number of carbonyl (C=O) groups is 1. The molecule has 1 aromatic carbocycles. The molecule has 1 aliphatic rings. The van der Waals surface area contributed by atoms with Gasteiger partial charge < -0.3 is 9.64 Å². The third kappa shape index (κ3) is 4.52. The van der Waals surface area contributed by atoms with Gasteiger partial charge in [0.2, 0.25) is 4.96 Å². The van der Waals surface area contributed by atoms with Crippen molar-refractivity contribution < 1.29 is 22.3 Å². The summed E-state index contributed by atoms with van der Waals surface area (Å²) in [7, 11) is -4.06. The van der Waals surface area contributed by atoms with Crippen molar-refractivity contribution in [1.82, 2.24) is 24.5 Å². The van der Waals surface area contributed by atoms with Crippen molar-refractivity contribution >= 4 is 55.4 Å². The average Bonchev–Trinajstić information content (AvgIpc) is 3.32. The zero-order valence-corrected chi connectivity index (χ0v) is 21.6. The van der Waals surface area contributed by atoms with Gasteiger partial charge in [0.25, 0.3) is 15.9 Å². The maximum Gasteiger partial charge on any atom is 0.261 e. The summed E-state index contributed by atoms with van der Waals surface area (Å²) in [5.74, 6) is -1.05. The highest BCUT2D eigenvalue weighted by Crippen LogP contribution is 2.38. The van der Waals surface area contributed by atoms with E-state index in [4.69, 9.17) is 33.1 Å². The first-order valence-electron chi connectivity index (χ1n) is 10.4. The van der Waals surface area contributed by atoms with Crippen molar-refractivity contribution in [3.05, 3.63) is 68.3 Å². The van der Waals surface area contributed by atoms with Gasteiger partial charge in [-0.05, 0) is 31.2 Å². The Morgan fingerprint density at radius 3 is 2.75 bits per heavy atom. The van der Waals surface area contributed by atoms with E-state index in [9.17, 15) is 13.2 Å². The van der Waals surface area contributed by atoms with E-state index >= 15 is 4.39 Å². The van der Waals surface area contributed by atoms with Gasteiger partial charge in [0, 0.05) is 23.6 Å². The van der Waals surface area contributed by atoms with Crippen molar-refractivity contribution in [3.8, 4) is 5.75 Å². The Morgan fingerprint density at radius 2 is 2.06 bits per heavy atom. The molecule has 1 amide bonds. The first-order valence-corrected chi connectivity index (χ1v) is 13.6. The minimum absolute atomic E-state index is 0.00814. The lowest BCUT2D eigenvalue weighted by Gasteiger charge is -2.35. The quantitative estimate of drug-likeness (QED) is 0.364. The number of aryl methyl sites for hydroxylation is 1. The van der Waals surface area contributed by atoms with Gasteiger partial charge in [-0.25, -0.2) is 32.4 Å². The molecule has 1 atom stereocenters. The minimum Gasteiger partial charge on any atom is -0.481 e. The second-order valence-electron chi connectivity index (χ2n) is 7.94. The zero-order valence-electron chi connectivity index (χ0n) is 18.5. The maximum atomic E-state index is 15.1. The fraction of sp³-hybridized carbons (Fsp3) is 0.238. The van der Waals surface area contributed by atoms with Gasteiger partial charge in [-0.3, -0.25) is 4.79 Å². The number of fused-ring (bicyclic) bond motifs is 3. The van der Waals surface area contributed by atoms with Gasteiger partial charge in [0.15, 0.2) is 22.5 Å². The number of ether oxygens (including phenoxy) is 1. The van der Waals surface area contributed by atoms with Crippen LogP contribution in [0, 0.1) is 12.7 Å². The van der Waals surface area contributed by atoms with Crippen LogP contribution in [0.2, 0.25) is 10.2 Å². The monoisotopic (exact) mass is 570 g/mol. The van der Waals surface area contributed by atoms with E-state index in [1.807, 2.05) is 6.92 Å². The lowest BCUT2D eigenvalue weighted by atomic mass is 9.95. The molecule has 2 N–H and O–H groups in total. The van der Waals surface area contributed by atoms with Crippen LogP contribution in [0.15, 0.2) is 35.4 Å². The summed E-state index contributed by atoms with van der Waals surface area (Å²) in [6.45, 7) is 1.62. The first kappa shape index (κ1) is 24.8. The normalized spacial score (nSPS) is 15.8. The number of sulfonamides is 1. The number of nitrogens with zero attached hydrogens (tertiary/aromatic N) is 5. The summed E-state index contributed by atoms with van der Waals surface area (Å²) in [5, 5.41) is 9.85. The van der Waals surface area contributed by atoms with Crippen molar-refractivity contribution in [2.24, 2.45) is 5.14 Å². The average molecular weight is 571 g/mol. The molecular weight excluding hydrogens is 554 g/mol. The lowest BCUT2D eigenvalue weighted by Crippen LogP contribution is -2.43. The Morgan fingerprint density at radius 1 is 1.28 bits per heavy atom. The molecule has 188 valence electrons. The SMILES string of the molecule is Cc1nn2c3c(nc2s1)CCN(C(=O)COc1ccc(S(N)(=O)=O)nc1Cl)C3c1ccc(Cl)cc1F. The number of aromatic nitrogens is 4. The molecule has 3 aromatic heterocycles. The fourth-order valence-corrected chi connectivity index (χ4v) is 5.72. The number of nitrogens with two attached hydrogens (primary N) is 1. The second kappa shape index (κ2) is 9.23. The topological polar surface area (TPSA) is 133 Å². The molecule has 0 saturated heterocycles. The maximum absolute atomic E-state index is 15.1. The van der Waals surface area contributed by atoms with Gasteiger partial charge in [0.05, 0.1) is 11.4 Å². The molecule has 1 unspecified atom stereocenters. The minimum atomic E-state index is -4.06. The van der Waals surface area contributed by atoms with Crippen LogP contribution in [0.5, 0.6) is 5.75 Å². The highest BCUT2D eigenvalue weighted by Gasteiger charge is 2.38. The first-order chi connectivity index (χ1) is 17.0. The Bertz CT molecular complexity index is 1620. The third-order valence-corrected chi connectivity index (χ3v) is 7.72. The van der Waals surface area contributed by atoms with Gasteiger partial charge in [0.1, 0.15) is 16.9 Å². The number of benzene rings is 1. The van der Waals surface area contributed by atoms with E-state index in [0.717, 1.165) is 16.8 Å². The summed E-state index contributed by atoms with van der Waals surface area (Å²) in [6.07, 6.45) is 0.438. The van der Waals surface area contributed by atoms with E-state index in [-0.39, 0.29) is 28.0 Å². The number of halogens is 3. The third-order valence-electron chi connectivity index (χ3n) is 5.58. The van der Waals surface area contributed by atoms with Crippen molar-refractivity contribution in [3.63, 3.8) is 0 Å². The molecule has 15 heteroatoms. The smallest absolute Gasteiger partial charge is 0.261 e. The molecule has 0 fully saturated rings. The van der Waals surface area contributed by atoms with Crippen LogP contribution in [0.4, 0.5) is 4.39 Å². The number of imidazole rings is 1. The van der Waals surface area contributed by atoms with Crippen molar-refractivity contribution in [2.75, 3.05) is 13.2 Å². The largest absolute Gasteiger partial charge is 0.481 e. The molecular formula is C21H17Cl2FN6O4S2. The molecule has 0 spiro atoms. The van der Waals surface area contributed by atoms with Gasteiger partial charge in [-0.2, -0.15) is 5.10 Å². The lowest BCUT2D eigenvalue weighted by molar-refractivity contribution is -0.135. The highest BCUT2D eigenvalue weighted by molar-refractivity contribution is 7.89. The van der Waals surface area contributed by atoms with E-state index in [2.05, 4.69) is 15.1 Å². The van der Waals surface area contributed by atoms with Crippen LogP contribution in [0.3, 0.4) is 0 Å². The van der Waals surface area contributed by atoms with Crippen LogP contribution < -0.4 is 9.88 Å². The molecule has 0 aliphatic carbocycles. The summed E-state index contributed by atoms with van der Waals surface area (Å²) in [6, 6.07) is 5.81. The predicted molar refractivity (Wildman–Crippen MR) is 130 cm³/mol. The molecule has 36 heavy (non-hydrogen) atoms. The van der Waals surface area contributed by atoms with Crippen LogP contribution in [0.25, 0.3) is 4.96 Å². The molecule has 4 heterocycles. The van der Waals surface area contributed by atoms with Gasteiger partial charge >= 0.3 is 0 Å². The fourth-order valence-electron chi connectivity index (χ4n) is 4.06. The predicted octanol–water partition coefficient (Wildman–Crippen LogP) is 3.14. The van der Waals surface area contributed by atoms with Crippen LogP contribution in [-0.4, -0.2) is 52.0 Å².